The van der Waals surface area contributed by atoms with Gasteiger partial charge in [-0.3, -0.25) is 4.79 Å². The van der Waals surface area contributed by atoms with Crippen LogP contribution in [-0.4, -0.2) is 42.9 Å². The van der Waals surface area contributed by atoms with Crippen LogP contribution in [0, 0.1) is 5.92 Å². The number of H-pyrrole nitrogens is 1. The van der Waals surface area contributed by atoms with E-state index >= 15 is 0 Å². The molecule has 1 aliphatic carbocycles. The molecule has 1 fully saturated rings. The largest absolute Gasteiger partial charge is 0.504 e. The van der Waals surface area contributed by atoms with Crippen molar-refractivity contribution in [2.24, 2.45) is 17.4 Å². The third-order valence-corrected chi connectivity index (χ3v) is 9.08. The number of aromatic amines is 1. The molecule has 8 N–H and O–H groups in total. The summed E-state index contributed by atoms with van der Waals surface area (Å²) in [7, 11) is 0. The predicted octanol–water partition coefficient (Wildman–Crippen LogP) is 5.58. The summed E-state index contributed by atoms with van der Waals surface area (Å²) >= 11 is 0. The Labute approximate surface area is 265 Å². The van der Waals surface area contributed by atoms with Crippen LogP contribution >= 0.6 is 0 Å². The number of carbonyl (C=O) groups excluding carboxylic acids is 1. The van der Waals surface area contributed by atoms with Crippen molar-refractivity contribution in [2.75, 3.05) is 0 Å². The normalized spacial score (nSPS) is 15.5. The van der Waals surface area contributed by atoms with E-state index in [1.807, 2.05) is 41.4 Å². The van der Waals surface area contributed by atoms with Crippen LogP contribution in [0.3, 0.4) is 0 Å². The number of benzene rings is 2. The minimum Gasteiger partial charge on any atom is -0.504 e. The Bertz CT molecular complexity index is 1540. The van der Waals surface area contributed by atoms with Gasteiger partial charge in [0.1, 0.15) is 5.78 Å². The summed E-state index contributed by atoms with van der Waals surface area (Å²) in [6.45, 7) is 0.199. The molecular formula is C36H48N4O5. The van der Waals surface area contributed by atoms with Gasteiger partial charge in [0.05, 0.1) is 23.9 Å². The van der Waals surface area contributed by atoms with Crippen LogP contribution in [0.5, 0.6) is 11.5 Å². The fourth-order valence-corrected chi connectivity index (χ4v) is 6.51. The first-order valence-electron chi connectivity index (χ1n) is 16.3. The number of nitrogens with zero attached hydrogens (tertiary/aromatic N) is 1. The van der Waals surface area contributed by atoms with Crippen molar-refractivity contribution in [3.8, 4) is 11.5 Å². The molecule has 9 nitrogen and oxygen atoms in total. The summed E-state index contributed by atoms with van der Waals surface area (Å²) in [4.78, 5) is 15.9. The molecular weight excluding hydrogens is 568 g/mol. The number of ether oxygens (including phenoxy) is 1. The van der Waals surface area contributed by atoms with Crippen LogP contribution in [0.1, 0.15) is 92.6 Å². The second-order valence-corrected chi connectivity index (χ2v) is 12.8. The Morgan fingerprint density at radius 2 is 1.84 bits per heavy atom. The van der Waals surface area contributed by atoms with Gasteiger partial charge >= 0.3 is 0 Å². The van der Waals surface area contributed by atoms with Crippen LogP contribution in [-0.2, 0) is 24.4 Å². The molecule has 1 aliphatic rings. The number of rotatable bonds is 16. The highest BCUT2D eigenvalue weighted by molar-refractivity contribution is 5.83. The minimum absolute atomic E-state index is 0.0270. The molecule has 2 aromatic heterocycles. The Morgan fingerprint density at radius 3 is 2.64 bits per heavy atom. The lowest BCUT2D eigenvalue weighted by molar-refractivity contribution is -0.121. The monoisotopic (exact) mass is 616 g/mol. The number of carbonyl (C=O) groups is 1. The number of hydrogen-bond acceptors (Lipinski definition) is 7. The van der Waals surface area contributed by atoms with Crippen molar-refractivity contribution >= 4 is 16.7 Å². The molecule has 2 heterocycles. The van der Waals surface area contributed by atoms with E-state index in [0.29, 0.717) is 24.5 Å². The molecule has 2 atom stereocenters. The Morgan fingerprint density at radius 1 is 1.02 bits per heavy atom. The Kier molecular flexibility index (Phi) is 11.3. The number of Topliss-reactive ketones (excluding diaryl/α,β-unsaturated/α-hetero) is 1. The van der Waals surface area contributed by atoms with E-state index in [1.165, 1.54) is 32.1 Å². The topological polar surface area (TPSA) is 160 Å². The fraction of sp³-hybridized carbons (Fsp3) is 0.472. The maximum atomic E-state index is 12.6. The molecule has 4 aromatic rings. The molecule has 0 aliphatic heterocycles. The van der Waals surface area contributed by atoms with Gasteiger partial charge in [-0.25, -0.2) is 0 Å². The highest BCUT2D eigenvalue weighted by Gasteiger charge is 2.19. The second kappa shape index (κ2) is 15.6. The molecule has 5 rings (SSSR count). The molecule has 0 radical (unpaired) electrons. The van der Waals surface area contributed by atoms with Crippen LogP contribution in [0.4, 0.5) is 0 Å². The number of phenolic OH excluding ortho intramolecular Hbond substituents is 1. The first-order chi connectivity index (χ1) is 21.7. The van der Waals surface area contributed by atoms with Gasteiger partial charge in [0.25, 0.3) is 0 Å². The summed E-state index contributed by atoms with van der Waals surface area (Å²) in [6, 6.07) is 13.1. The van der Waals surface area contributed by atoms with Crippen LogP contribution < -0.4 is 16.2 Å². The molecule has 9 heteroatoms. The van der Waals surface area contributed by atoms with Crippen LogP contribution in [0.25, 0.3) is 10.9 Å². The van der Waals surface area contributed by atoms with Gasteiger partial charge in [0.15, 0.2) is 18.2 Å². The SMILES string of the molecule is NC(N)c1cccc(Cc2c[nH]c3cn(COc4cc(CCC(=O)C[C@H](O)C[C@H](O)CCC5CCCCC5)ccc4O)cc23)c1. The molecule has 0 spiro atoms. The summed E-state index contributed by atoms with van der Waals surface area (Å²) < 4.78 is 7.88. The number of aliphatic hydroxyl groups is 2. The zero-order chi connectivity index (χ0) is 31.8. The molecule has 242 valence electrons. The lowest BCUT2D eigenvalue weighted by Gasteiger charge is -2.23. The highest BCUT2D eigenvalue weighted by atomic mass is 16.5. The zero-order valence-electron chi connectivity index (χ0n) is 26.0. The smallest absolute Gasteiger partial charge is 0.165 e. The minimum atomic E-state index is -0.833. The molecule has 45 heavy (non-hydrogen) atoms. The van der Waals surface area contributed by atoms with Crippen molar-refractivity contribution in [1.82, 2.24) is 9.55 Å². The van der Waals surface area contributed by atoms with Crippen molar-refractivity contribution in [1.29, 1.82) is 0 Å². The number of phenols is 1. The third kappa shape index (κ3) is 9.43. The van der Waals surface area contributed by atoms with E-state index in [0.717, 1.165) is 46.0 Å². The summed E-state index contributed by atoms with van der Waals surface area (Å²) in [5, 5.41) is 32.2. The third-order valence-electron chi connectivity index (χ3n) is 9.08. The number of aliphatic hydroxyl groups excluding tert-OH is 2. The maximum absolute atomic E-state index is 12.6. The van der Waals surface area contributed by atoms with Gasteiger partial charge in [-0.05, 0) is 72.4 Å². The summed E-state index contributed by atoms with van der Waals surface area (Å²) in [6.07, 6.45) is 13.8. The average molecular weight is 617 g/mol. The number of hydrogen-bond donors (Lipinski definition) is 6. The Hall–Kier alpha value is -3.63. The van der Waals surface area contributed by atoms with Gasteiger partial charge in [0, 0.05) is 36.8 Å². The predicted molar refractivity (Wildman–Crippen MR) is 176 cm³/mol. The molecule has 1 saturated carbocycles. The van der Waals surface area contributed by atoms with Gasteiger partial charge in [-0.15, -0.1) is 0 Å². The van der Waals surface area contributed by atoms with Crippen molar-refractivity contribution in [3.05, 3.63) is 83.3 Å². The molecule has 2 aromatic carbocycles. The number of nitrogens with two attached hydrogens (primary N) is 2. The Balaban J connectivity index is 1.09. The second-order valence-electron chi connectivity index (χ2n) is 12.8. The number of fused-ring (bicyclic) bond motifs is 1. The fourth-order valence-electron chi connectivity index (χ4n) is 6.51. The van der Waals surface area contributed by atoms with Crippen molar-refractivity contribution < 1.29 is 24.9 Å². The van der Waals surface area contributed by atoms with E-state index in [4.69, 9.17) is 16.2 Å². The molecule has 0 amide bonds. The van der Waals surface area contributed by atoms with E-state index in [2.05, 4.69) is 11.1 Å². The van der Waals surface area contributed by atoms with Crippen LogP contribution in [0.15, 0.2) is 61.1 Å². The molecule has 0 bridgehead atoms. The van der Waals surface area contributed by atoms with E-state index in [1.54, 1.807) is 18.2 Å². The van der Waals surface area contributed by atoms with Gasteiger partial charge in [-0.2, -0.15) is 0 Å². The summed E-state index contributed by atoms with van der Waals surface area (Å²) in [5.41, 5.74) is 16.7. The average Bonchev–Trinajstić information content (AvgIpc) is 3.60. The summed E-state index contributed by atoms with van der Waals surface area (Å²) in [5.74, 6) is 1.01. The molecule has 0 unspecified atom stereocenters. The van der Waals surface area contributed by atoms with E-state index in [-0.39, 0.29) is 37.5 Å². The number of aromatic nitrogens is 2. The first kappa shape index (κ1) is 32.8. The van der Waals surface area contributed by atoms with Gasteiger partial charge < -0.3 is 41.1 Å². The number of aryl methyl sites for hydroxylation is 1. The molecule has 0 saturated heterocycles. The number of nitrogens with one attached hydrogen (secondary N) is 1. The van der Waals surface area contributed by atoms with Crippen molar-refractivity contribution in [3.63, 3.8) is 0 Å². The lowest BCUT2D eigenvalue weighted by atomic mass is 9.85. The maximum Gasteiger partial charge on any atom is 0.165 e. The zero-order valence-corrected chi connectivity index (χ0v) is 26.0. The van der Waals surface area contributed by atoms with Gasteiger partial charge in [0.2, 0.25) is 0 Å². The van der Waals surface area contributed by atoms with Crippen molar-refractivity contribution in [2.45, 2.75) is 102 Å². The van der Waals surface area contributed by atoms with E-state index in [9.17, 15) is 20.1 Å². The number of aromatic hydroxyl groups is 1. The van der Waals surface area contributed by atoms with E-state index < -0.39 is 18.4 Å². The quantitative estimate of drug-likeness (QED) is 0.0896. The standard InChI is InChI=1S/C36H48N4O5/c37-36(38)27-8-4-7-26(15-27)16-28-20-39-33-22-40(21-32(28)33)23-45-35-17-25(11-14-34(35)44)10-13-30(42)19-31(43)18-29(41)12-9-24-5-2-1-3-6-24/h4,7-8,11,14-15,17,20-22,24,29,31,36,39,41,43-44H,1-3,5-6,9-10,12-13,16,18-19,23,37-38H2/t29-,31-/m1/s1. The van der Waals surface area contributed by atoms with Crippen LogP contribution in [0.2, 0.25) is 0 Å². The number of ketones is 1. The first-order valence-corrected chi connectivity index (χ1v) is 16.3. The lowest BCUT2D eigenvalue weighted by Crippen LogP contribution is -2.22. The highest BCUT2D eigenvalue weighted by Crippen LogP contribution is 2.30. The van der Waals surface area contributed by atoms with Gasteiger partial charge in [-0.1, -0.05) is 62.4 Å².